The highest BCUT2D eigenvalue weighted by Crippen LogP contribution is 2.35. The van der Waals surface area contributed by atoms with Crippen LogP contribution in [0.5, 0.6) is 34.5 Å². The summed E-state index contributed by atoms with van der Waals surface area (Å²) >= 11 is 0. The SMILES string of the molecule is [2H]C([2H])(Oc1ccnc(CS(=O)c2nc3ccccc3[nH]2)c1C)C(F)(F)F.[2H]C([2H])(c1nccc(OC([2H])([2H])C(F)(F)F)c1C)S(=O)c1nc2ccccc2[nH]1.[2H]c1c([2H])c([2H])c2[nH]c(S(=O)C([2H])([2H])c3nccc(OC([2H])([2H])C(F)(F)F)c3C)nc2c1[2H].[2H]c1c([2H])c([2H])c2[nH]c(S(=O)Cc3nccc(OC([2H])([2H])C(F)(F)F)c3C)nc2c1[2H].[2H]c1nc(C([2H])([2H])S(=O)c2nc3c([2H])c([2H])c([2H])c([2H])c3[nH]2)c(C([2H])([2H])[2H])c(OCC(F)(F)F)c1[2H].[2H]c1nc(CS(=O)c2nc3c([2H])c([2H])c([2H])c([2H])c3[nH]2)c(C([2H])([2H])[2H])c(OCC(F)(F)F)c1[2H]. The van der Waals surface area contributed by atoms with E-state index in [2.05, 4.69) is 118 Å². The van der Waals surface area contributed by atoms with E-state index < -0.39 is 371 Å². The van der Waals surface area contributed by atoms with Crippen LogP contribution >= 0.6 is 0 Å². The zero-order valence-electron chi connectivity index (χ0n) is 115. The molecule has 0 aliphatic carbocycles. The molecule has 0 fully saturated rings. The van der Waals surface area contributed by atoms with Crippen LogP contribution in [0.15, 0.2) is 250 Å². The first-order valence-electron chi connectivity index (χ1n) is 60.4. The molecule has 0 amide bonds. The summed E-state index contributed by atoms with van der Waals surface area (Å²) in [4.78, 5) is 61.8. The van der Waals surface area contributed by atoms with Gasteiger partial charge in [-0.25, -0.2) is 29.9 Å². The molecule has 0 aliphatic rings. The third-order valence-corrected chi connectivity index (χ3v) is 24.4. The first-order chi connectivity index (χ1) is 87.0. The lowest BCUT2D eigenvalue weighted by molar-refractivity contribution is -0.154. The van der Waals surface area contributed by atoms with Gasteiger partial charge in [-0.15, -0.1) is 0 Å². The van der Waals surface area contributed by atoms with E-state index in [9.17, 15) is 104 Å². The number of nitrogens with one attached hydrogen (secondary N) is 6. The number of para-hydroxylation sites is 12. The van der Waals surface area contributed by atoms with E-state index in [0.717, 1.165) is 49.8 Å². The average molecular weight is 2260 g/mol. The number of imidazole rings is 6. The number of rotatable bonds is 30. The van der Waals surface area contributed by atoms with Gasteiger partial charge < -0.3 is 58.3 Å². The molecule has 6 unspecified atom stereocenters. The van der Waals surface area contributed by atoms with Gasteiger partial charge in [0.1, 0.15) is 34.5 Å². The number of alkyl halides is 18. The zero-order valence-corrected chi connectivity index (χ0v) is 79.7. The Hall–Kier alpha value is -14.5. The molecule has 0 aliphatic heterocycles. The summed E-state index contributed by atoms with van der Waals surface area (Å²) in [6, 6.07) is 6.99. The van der Waals surface area contributed by atoms with Gasteiger partial charge in [0.2, 0.25) is 0 Å². The Balaban J connectivity index is 0.000000184. The third kappa shape index (κ3) is 32.7. The van der Waals surface area contributed by atoms with Gasteiger partial charge in [0, 0.05) is 87.0 Å². The fourth-order valence-electron chi connectivity index (χ4n) is 11.3. The van der Waals surface area contributed by atoms with E-state index in [1.54, 1.807) is 48.5 Å². The Kier molecular flexibility index (Phi) is 23.1. The van der Waals surface area contributed by atoms with Gasteiger partial charge in [0.15, 0.2) is 70.4 Å². The van der Waals surface area contributed by atoms with E-state index in [4.69, 9.17) is 54.8 Å². The fourth-order valence-corrected chi connectivity index (χ4v) is 17.0. The molecular formula is C96H84F18N18O12S6. The molecule has 0 saturated heterocycles. The number of hydrogen-bond donors (Lipinski definition) is 6. The van der Waals surface area contributed by atoms with E-state index in [1.807, 2.05) is 0 Å². The van der Waals surface area contributed by atoms with Gasteiger partial charge in [-0.3, -0.25) is 55.2 Å². The minimum atomic E-state index is -5.38. The van der Waals surface area contributed by atoms with Crippen molar-refractivity contribution < 1.29 is 188 Å². The molecule has 30 nitrogen and oxygen atoms in total. The summed E-state index contributed by atoms with van der Waals surface area (Å²) in [7, 11) is -14.0. The fraction of sp³-hybridized carbons (Fsp3) is 0.250. The lowest BCUT2D eigenvalue weighted by Gasteiger charge is -2.13. The molecule has 54 heteroatoms. The minimum absolute atomic E-state index is 0.0329. The van der Waals surface area contributed by atoms with Crippen molar-refractivity contribution in [2.75, 3.05) is 39.4 Å². The zero-order chi connectivity index (χ0) is 143. The maximum absolute atomic E-state index is 13.2. The van der Waals surface area contributed by atoms with Crippen molar-refractivity contribution >= 4 is 131 Å². The summed E-state index contributed by atoms with van der Waals surface area (Å²) in [6.45, 7) is -21.4. The molecule has 18 rings (SSSR count). The van der Waals surface area contributed by atoms with Crippen LogP contribution < -0.4 is 28.4 Å². The summed E-state index contributed by atoms with van der Waals surface area (Å²) in [5, 5.41) is -1.82. The van der Waals surface area contributed by atoms with E-state index >= 15 is 0 Å². The Morgan fingerprint density at radius 3 is 0.800 bits per heavy atom. The number of ether oxygens (including phenoxy) is 6. The van der Waals surface area contributed by atoms with Crippen molar-refractivity contribution in [2.24, 2.45) is 0 Å². The second-order valence-electron chi connectivity index (χ2n) is 28.6. The van der Waals surface area contributed by atoms with Gasteiger partial charge in [-0.2, -0.15) is 79.0 Å². The van der Waals surface area contributed by atoms with Crippen LogP contribution in [0.1, 0.15) is 122 Å². The number of H-pyrrole nitrogens is 6. The number of aromatic nitrogens is 18. The molecule has 12 aromatic heterocycles. The highest BCUT2D eigenvalue weighted by molar-refractivity contribution is 7.85. The number of halogens is 18. The lowest BCUT2D eigenvalue weighted by Crippen LogP contribution is -2.20. The van der Waals surface area contributed by atoms with Crippen molar-refractivity contribution in [3.8, 4) is 34.5 Å². The summed E-state index contributed by atoms with van der Waals surface area (Å²) < 4.78 is 641. The van der Waals surface area contributed by atoms with Crippen LogP contribution in [0, 0.1) is 41.4 Å². The molecular weight excluding hydrogens is 2130 g/mol. The lowest BCUT2D eigenvalue weighted by atomic mass is 10.2. The second kappa shape index (κ2) is 49.7. The normalized spacial score (nSPS) is 17.8. The number of nitrogens with zero attached hydrogens (tertiary/aromatic N) is 12. The molecule has 6 aromatic carbocycles. The predicted octanol–water partition coefficient (Wildman–Crippen LogP) is 21.1. The number of benzene rings is 6. The maximum atomic E-state index is 13.2. The van der Waals surface area contributed by atoms with Crippen molar-refractivity contribution in [2.45, 2.75) is 144 Å². The molecule has 18 aromatic rings. The first kappa shape index (κ1) is 69.7. The van der Waals surface area contributed by atoms with E-state index in [-0.39, 0.29) is 116 Å². The van der Waals surface area contributed by atoms with Crippen molar-refractivity contribution in [3.63, 3.8) is 0 Å². The molecule has 0 radical (unpaired) electrons. The van der Waals surface area contributed by atoms with Crippen LogP contribution in [-0.2, 0) is 99.2 Å². The Labute approximate surface area is 909 Å². The first-order valence-corrected chi connectivity index (χ1v) is 47.8. The quantitative estimate of drug-likeness (QED) is 0.0228. The molecule has 0 spiro atoms. The Morgan fingerprint density at radius 2 is 0.513 bits per heavy atom. The largest absolute Gasteiger partial charge is 0.484 e. The smallest absolute Gasteiger partial charge is 0.422 e. The van der Waals surface area contributed by atoms with Crippen LogP contribution in [0.3, 0.4) is 0 Å². The maximum Gasteiger partial charge on any atom is 0.422 e. The number of aromatic amines is 6. The number of fused-ring (bicyclic) bond motifs is 6. The van der Waals surface area contributed by atoms with Crippen LogP contribution in [-0.4, -0.2) is 191 Å². The standard InChI is InChI=1S/6C16H14F3N3O2S/c6*1-10-13(20-7-6-14(10)24-9-16(17,18)19)8-25(23)15-21-11-4-2-3-5-12(11)22-15/h6*2-7H,8-9H2,1H3,(H,21,22)/i1D3,2D,3D,4D,5D,6D,7D,8D2;1D3,2D,3D,4D,5D,6D,7D;2D,3D,4D,5D,8D2,9D2;2D,3D,4D,5D,9D2;8D2,9D2;9D2. The van der Waals surface area contributed by atoms with Gasteiger partial charge in [-0.1, -0.05) is 72.6 Å². The molecule has 12 heterocycles. The molecule has 6 N–H and O–H groups in total. The Bertz CT molecular complexity index is 9940. The average Bonchev–Trinajstić information content (AvgIpc) is 1.33. The van der Waals surface area contributed by atoms with E-state index in [0.29, 0.717) is 22.1 Å². The van der Waals surface area contributed by atoms with Crippen LogP contribution in [0.25, 0.3) is 66.2 Å². The van der Waals surface area contributed by atoms with Crippen molar-refractivity contribution in [1.29, 1.82) is 0 Å². The van der Waals surface area contributed by atoms with Crippen molar-refractivity contribution in [3.05, 3.63) is 286 Å². The molecule has 0 bridgehead atoms. The summed E-state index contributed by atoms with van der Waals surface area (Å²) in [6.07, 6.45) is -29.0. The van der Waals surface area contributed by atoms with Gasteiger partial charge >= 0.3 is 37.1 Å². The highest BCUT2D eigenvalue weighted by Gasteiger charge is 2.35. The molecule has 6 atom stereocenters. The van der Waals surface area contributed by atoms with Gasteiger partial charge in [-0.05, 0) is 150 Å². The summed E-state index contributed by atoms with van der Waals surface area (Å²) in [5.41, 5.74) is -13.5. The molecule has 0 saturated carbocycles. The van der Waals surface area contributed by atoms with E-state index in [1.165, 1.54) is 27.0 Å². The minimum Gasteiger partial charge on any atom is -0.484 e. The molecule has 150 heavy (non-hydrogen) atoms. The van der Waals surface area contributed by atoms with Gasteiger partial charge in [0.25, 0.3) is 0 Å². The predicted molar refractivity (Wildman–Crippen MR) is 520 cm³/mol. The van der Waals surface area contributed by atoms with Crippen LogP contribution in [0.4, 0.5) is 79.0 Å². The number of pyridine rings is 6. The Morgan fingerprint density at radius 1 is 0.273 bits per heavy atom. The number of hydrogen-bond acceptors (Lipinski definition) is 24. The molecule has 792 valence electrons. The van der Waals surface area contributed by atoms with Crippen LogP contribution in [0.2, 0.25) is 0 Å². The third-order valence-electron chi connectivity index (χ3n) is 18.1. The highest BCUT2D eigenvalue weighted by atomic mass is 32.2. The van der Waals surface area contributed by atoms with Crippen molar-refractivity contribution in [1.82, 2.24) is 89.7 Å². The second-order valence-corrected chi connectivity index (χ2v) is 36.1. The topological polar surface area (TPSA) is 407 Å². The monoisotopic (exact) mass is 2250 g/mol. The summed E-state index contributed by atoms with van der Waals surface area (Å²) in [5.74, 6) is -5.52. The van der Waals surface area contributed by atoms with Gasteiger partial charge in [0.05, 0.1) is 238 Å².